The zero-order chi connectivity index (χ0) is 20.2. The third-order valence-electron chi connectivity index (χ3n) is 4.33. The van der Waals surface area contributed by atoms with Crippen LogP contribution in [0.15, 0.2) is 42.3 Å². The number of fused-ring (bicyclic) bond motifs is 1. The summed E-state index contributed by atoms with van der Waals surface area (Å²) < 4.78 is 5.80. The van der Waals surface area contributed by atoms with Crippen LogP contribution in [-0.2, 0) is 12.8 Å². The molecule has 0 fully saturated rings. The Labute approximate surface area is 181 Å². The Morgan fingerprint density at radius 2 is 1.83 bits per heavy atom. The van der Waals surface area contributed by atoms with Crippen LogP contribution in [0.5, 0.6) is 11.6 Å². The van der Waals surface area contributed by atoms with Gasteiger partial charge in [-0.1, -0.05) is 42.3 Å². The minimum atomic E-state index is 0.369. The maximum atomic E-state index is 6.28. The SMILES string of the molecule is CCc1ncnc(Oc2ccc(CCNc3ncnc4scc(Cl)c34)cc2)c1Cl. The lowest BCUT2D eigenvalue weighted by molar-refractivity contribution is 0.460. The molecule has 9 heteroatoms. The van der Waals surface area contributed by atoms with Crippen LogP contribution in [0.25, 0.3) is 10.2 Å². The number of nitrogens with zero attached hydrogens (tertiary/aromatic N) is 4. The number of anilines is 1. The van der Waals surface area contributed by atoms with Gasteiger partial charge in [0.25, 0.3) is 0 Å². The van der Waals surface area contributed by atoms with E-state index < -0.39 is 0 Å². The van der Waals surface area contributed by atoms with Crippen LogP contribution in [0.4, 0.5) is 5.82 Å². The molecule has 0 saturated carbocycles. The molecule has 3 aromatic heterocycles. The predicted molar refractivity (Wildman–Crippen MR) is 118 cm³/mol. The van der Waals surface area contributed by atoms with Gasteiger partial charge in [-0.15, -0.1) is 11.3 Å². The Kier molecular flexibility index (Phi) is 6.08. The van der Waals surface area contributed by atoms with Crippen LogP contribution in [0.2, 0.25) is 10.0 Å². The number of halogens is 2. The van der Waals surface area contributed by atoms with Crippen molar-refractivity contribution in [1.29, 1.82) is 0 Å². The normalized spacial score (nSPS) is 11.0. The molecule has 0 aliphatic rings. The smallest absolute Gasteiger partial charge is 0.241 e. The zero-order valence-corrected chi connectivity index (χ0v) is 17.9. The summed E-state index contributed by atoms with van der Waals surface area (Å²) in [6, 6.07) is 7.83. The number of aromatic nitrogens is 4. The van der Waals surface area contributed by atoms with Crippen molar-refractivity contribution < 1.29 is 4.74 Å². The van der Waals surface area contributed by atoms with Crippen LogP contribution in [0.3, 0.4) is 0 Å². The summed E-state index contributed by atoms with van der Waals surface area (Å²) in [7, 11) is 0. The van der Waals surface area contributed by atoms with E-state index in [1.54, 1.807) is 6.33 Å². The minimum absolute atomic E-state index is 0.369. The summed E-state index contributed by atoms with van der Waals surface area (Å²) in [5.41, 5.74) is 1.93. The Morgan fingerprint density at radius 3 is 2.62 bits per heavy atom. The van der Waals surface area contributed by atoms with Gasteiger partial charge in [0.2, 0.25) is 5.88 Å². The Morgan fingerprint density at radius 1 is 1.03 bits per heavy atom. The Hall–Kier alpha value is -2.48. The maximum Gasteiger partial charge on any atom is 0.241 e. The molecule has 1 N–H and O–H groups in total. The summed E-state index contributed by atoms with van der Waals surface area (Å²) in [4.78, 5) is 17.7. The molecule has 0 radical (unpaired) electrons. The molecule has 0 aliphatic heterocycles. The first kappa shape index (κ1) is 19.8. The number of thiophene rings is 1. The van der Waals surface area contributed by atoms with E-state index in [0.29, 0.717) is 21.7 Å². The van der Waals surface area contributed by atoms with Gasteiger partial charge in [0, 0.05) is 11.9 Å². The van der Waals surface area contributed by atoms with Gasteiger partial charge in [-0.05, 0) is 30.5 Å². The van der Waals surface area contributed by atoms with Gasteiger partial charge < -0.3 is 10.1 Å². The highest BCUT2D eigenvalue weighted by molar-refractivity contribution is 7.17. The average Bonchev–Trinajstić information content (AvgIpc) is 3.13. The fourth-order valence-corrected chi connectivity index (χ4v) is 4.24. The Balaban J connectivity index is 1.38. The van der Waals surface area contributed by atoms with Crippen LogP contribution in [0, 0.1) is 0 Å². The van der Waals surface area contributed by atoms with Crippen LogP contribution < -0.4 is 10.1 Å². The van der Waals surface area contributed by atoms with E-state index >= 15 is 0 Å². The minimum Gasteiger partial charge on any atom is -0.437 e. The molecule has 0 spiro atoms. The monoisotopic (exact) mass is 445 g/mol. The molecule has 0 bridgehead atoms. The van der Waals surface area contributed by atoms with Crippen LogP contribution >= 0.6 is 34.5 Å². The summed E-state index contributed by atoms with van der Waals surface area (Å²) in [6.07, 6.45) is 4.55. The fraction of sp³-hybridized carbons (Fsp3) is 0.200. The van der Waals surface area contributed by atoms with Crippen molar-refractivity contribution in [3.8, 4) is 11.6 Å². The first-order valence-corrected chi connectivity index (χ1v) is 10.7. The first-order chi connectivity index (χ1) is 14.2. The van der Waals surface area contributed by atoms with E-state index in [4.69, 9.17) is 27.9 Å². The second kappa shape index (κ2) is 8.90. The molecule has 0 amide bonds. The first-order valence-electron chi connectivity index (χ1n) is 9.03. The number of hydrogen-bond donors (Lipinski definition) is 1. The summed E-state index contributed by atoms with van der Waals surface area (Å²) in [5, 5.41) is 7.21. The third-order valence-corrected chi connectivity index (χ3v) is 6.03. The zero-order valence-electron chi connectivity index (χ0n) is 15.5. The number of benzene rings is 1. The molecule has 0 atom stereocenters. The molecule has 29 heavy (non-hydrogen) atoms. The van der Waals surface area contributed by atoms with Gasteiger partial charge >= 0.3 is 0 Å². The largest absolute Gasteiger partial charge is 0.437 e. The van der Waals surface area contributed by atoms with E-state index in [2.05, 4.69) is 25.3 Å². The number of ether oxygens (including phenoxy) is 1. The molecule has 0 saturated heterocycles. The van der Waals surface area contributed by atoms with Crippen molar-refractivity contribution in [2.75, 3.05) is 11.9 Å². The van der Waals surface area contributed by atoms with E-state index in [0.717, 1.165) is 46.7 Å². The molecular weight excluding hydrogens is 429 g/mol. The summed E-state index contributed by atoms with van der Waals surface area (Å²) >= 11 is 14.0. The lowest BCUT2D eigenvalue weighted by Crippen LogP contribution is -2.06. The molecule has 6 nitrogen and oxygen atoms in total. The van der Waals surface area contributed by atoms with Crippen molar-refractivity contribution in [2.45, 2.75) is 19.8 Å². The van der Waals surface area contributed by atoms with Gasteiger partial charge in [-0.3, -0.25) is 0 Å². The predicted octanol–water partition coefficient (Wildman–Crippen LogP) is 5.80. The maximum absolute atomic E-state index is 6.28. The molecular formula is C20H17Cl2N5OS. The third kappa shape index (κ3) is 4.42. The quantitative estimate of drug-likeness (QED) is 0.387. The molecule has 0 aliphatic carbocycles. The van der Waals surface area contributed by atoms with Crippen molar-refractivity contribution in [3.05, 3.63) is 63.6 Å². The lowest BCUT2D eigenvalue weighted by atomic mass is 10.1. The van der Waals surface area contributed by atoms with Gasteiger partial charge in [-0.2, -0.15) is 0 Å². The highest BCUT2D eigenvalue weighted by atomic mass is 35.5. The van der Waals surface area contributed by atoms with Crippen molar-refractivity contribution in [3.63, 3.8) is 0 Å². The molecule has 3 heterocycles. The average molecular weight is 446 g/mol. The van der Waals surface area contributed by atoms with Gasteiger partial charge in [0.1, 0.15) is 34.1 Å². The molecule has 1 aromatic carbocycles. The van der Waals surface area contributed by atoms with Crippen LogP contribution in [0.1, 0.15) is 18.2 Å². The summed E-state index contributed by atoms with van der Waals surface area (Å²) in [6.45, 7) is 2.70. The number of nitrogens with one attached hydrogen (secondary N) is 1. The van der Waals surface area contributed by atoms with Gasteiger partial charge in [0.15, 0.2) is 0 Å². The van der Waals surface area contributed by atoms with E-state index in [-0.39, 0.29) is 0 Å². The van der Waals surface area contributed by atoms with Crippen molar-refractivity contribution in [1.82, 2.24) is 19.9 Å². The van der Waals surface area contributed by atoms with Crippen LogP contribution in [-0.4, -0.2) is 26.5 Å². The van der Waals surface area contributed by atoms with Gasteiger partial charge in [0.05, 0.1) is 16.1 Å². The van der Waals surface area contributed by atoms with E-state index in [1.165, 1.54) is 17.7 Å². The highest BCUT2D eigenvalue weighted by Gasteiger charge is 2.11. The summed E-state index contributed by atoms with van der Waals surface area (Å²) in [5.74, 6) is 1.80. The van der Waals surface area contributed by atoms with E-state index in [9.17, 15) is 0 Å². The van der Waals surface area contributed by atoms with Crippen molar-refractivity contribution in [2.24, 2.45) is 0 Å². The number of rotatable bonds is 7. The second-order valence-corrected chi connectivity index (χ2v) is 7.85. The standard InChI is InChI=1S/C20H17Cl2N5OS/c1-2-15-17(22)19(26-10-24-15)28-13-5-3-12(4-6-13)7-8-23-18-16-14(21)9-29-20(16)27-11-25-18/h3-6,9-11H,2,7-8H2,1H3,(H,23,25,27). The topological polar surface area (TPSA) is 72.8 Å². The van der Waals surface area contributed by atoms with Crippen molar-refractivity contribution >= 4 is 50.6 Å². The second-order valence-electron chi connectivity index (χ2n) is 6.20. The molecule has 4 aromatic rings. The molecule has 148 valence electrons. The Bertz CT molecular complexity index is 1130. The lowest BCUT2D eigenvalue weighted by Gasteiger charge is -2.10. The fourth-order valence-electron chi connectivity index (χ4n) is 2.84. The number of aryl methyl sites for hydroxylation is 1. The molecule has 4 rings (SSSR count). The highest BCUT2D eigenvalue weighted by Crippen LogP contribution is 2.32. The molecule has 0 unspecified atom stereocenters. The van der Waals surface area contributed by atoms with E-state index in [1.807, 2.05) is 36.6 Å². The van der Waals surface area contributed by atoms with Gasteiger partial charge in [-0.25, -0.2) is 19.9 Å². The number of hydrogen-bond acceptors (Lipinski definition) is 7.